The van der Waals surface area contributed by atoms with Crippen LogP contribution < -0.4 is 19.7 Å². The minimum absolute atomic E-state index is 0.149. The van der Waals surface area contributed by atoms with Crippen molar-refractivity contribution in [3.05, 3.63) is 47.0 Å². The average molecular weight is 458 g/mol. The number of carbonyl (C=O) groups is 3. The van der Waals surface area contributed by atoms with Gasteiger partial charge in [-0.1, -0.05) is 30.7 Å². The van der Waals surface area contributed by atoms with Gasteiger partial charge in [0.1, 0.15) is 11.5 Å². The minimum atomic E-state index is -1.48. The molecule has 1 saturated heterocycles. The topological polar surface area (TPSA) is 88.2 Å². The maximum atomic E-state index is 13.9. The van der Waals surface area contributed by atoms with Crippen LogP contribution in [-0.4, -0.2) is 49.0 Å². The number of carbonyl (C=O) groups excluding carboxylic acids is 3. The molecule has 2 heterocycles. The molecule has 9 heteroatoms. The summed E-state index contributed by atoms with van der Waals surface area (Å²) in [6, 6.07) is 9.98. The van der Waals surface area contributed by atoms with Crippen molar-refractivity contribution in [3.63, 3.8) is 0 Å². The van der Waals surface area contributed by atoms with Gasteiger partial charge in [0.2, 0.25) is 11.6 Å². The van der Waals surface area contributed by atoms with Gasteiger partial charge in [-0.25, -0.2) is 0 Å². The Morgan fingerprint density at radius 1 is 1.16 bits per heavy atom. The first-order chi connectivity index (χ1) is 15.4. The quantitative estimate of drug-likeness (QED) is 0.714. The molecule has 8 nitrogen and oxygen atoms in total. The number of hydrogen-bond donors (Lipinski definition) is 1. The summed E-state index contributed by atoms with van der Waals surface area (Å²) in [4.78, 5) is 43.3. The van der Waals surface area contributed by atoms with E-state index in [9.17, 15) is 14.4 Å². The number of nitrogens with zero attached hydrogens (tertiary/aromatic N) is 2. The molecular weight excluding hydrogens is 434 g/mol. The number of anilines is 2. The molecule has 4 rings (SSSR count). The van der Waals surface area contributed by atoms with Crippen molar-refractivity contribution in [1.82, 2.24) is 4.90 Å². The lowest BCUT2D eigenvalue weighted by Gasteiger charge is -2.49. The summed E-state index contributed by atoms with van der Waals surface area (Å²) in [7, 11) is 2.93. The first-order valence-corrected chi connectivity index (χ1v) is 10.7. The predicted octanol–water partition coefficient (Wildman–Crippen LogP) is 3.68. The van der Waals surface area contributed by atoms with Gasteiger partial charge in [-0.3, -0.25) is 19.3 Å². The van der Waals surface area contributed by atoms with E-state index in [0.29, 0.717) is 46.4 Å². The van der Waals surface area contributed by atoms with Gasteiger partial charge in [0.15, 0.2) is 0 Å². The number of para-hydroxylation sites is 1. The summed E-state index contributed by atoms with van der Waals surface area (Å²) >= 11 is 6.19. The van der Waals surface area contributed by atoms with E-state index in [1.54, 1.807) is 30.3 Å². The molecule has 32 heavy (non-hydrogen) atoms. The summed E-state index contributed by atoms with van der Waals surface area (Å²) < 4.78 is 10.6. The zero-order valence-electron chi connectivity index (χ0n) is 18.1. The van der Waals surface area contributed by atoms with Crippen molar-refractivity contribution in [3.8, 4) is 11.5 Å². The molecule has 1 fully saturated rings. The number of halogens is 1. The lowest BCUT2D eigenvalue weighted by Crippen LogP contribution is -2.69. The molecule has 0 bridgehead atoms. The summed E-state index contributed by atoms with van der Waals surface area (Å²) in [5.74, 6) is -0.288. The molecule has 1 N–H and O–H groups in total. The molecule has 0 aliphatic carbocycles. The summed E-state index contributed by atoms with van der Waals surface area (Å²) in [6.07, 6.45) is 0.962. The molecule has 0 aromatic heterocycles. The second-order valence-corrected chi connectivity index (χ2v) is 8.07. The van der Waals surface area contributed by atoms with Gasteiger partial charge in [0.25, 0.3) is 11.8 Å². The molecule has 168 valence electrons. The highest BCUT2D eigenvalue weighted by atomic mass is 35.5. The highest BCUT2D eigenvalue weighted by molar-refractivity contribution is 6.32. The molecule has 2 aliphatic heterocycles. The third-order valence-corrected chi connectivity index (χ3v) is 6.20. The van der Waals surface area contributed by atoms with Crippen LogP contribution in [0, 0.1) is 0 Å². The van der Waals surface area contributed by atoms with E-state index in [1.807, 2.05) is 6.92 Å². The first-order valence-electron chi connectivity index (χ1n) is 10.4. The van der Waals surface area contributed by atoms with Crippen molar-refractivity contribution >= 4 is 40.7 Å². The van der Waals surface area contributed by atoms with E-state index in [-0.39, 0.29) is 24.7 Å². The predicted molar refractivity (Wildman–Crippen MR) is 120 cm³/mol. The molecular formula is C23H24ClN3O5. The van der Waals surface area contributed by atoms with Crippen molar-refractivity contribution in [2.24, 2.45) is 0 Å². The van der Waals surface area contributed by atoms with Crippen LogP contribution in [0.25, 0.3) is 0 Å². The van der Waals surface area contributed by atoms with Crippen LogP contribution in [0.1, 0.15) is 36.5 Å². The van der Waals surface area contributed by atoms with E-state index < -0.39 is 11.6 Å². The molecule has 0 unspecified atom stereocenters. The number of amides is 3. The molecule has 0 saturated carbocycles. The normalized spacial score (nSPS) is 19.5. The Hall–Kier alpha value is -3.26. The third kappa shape index (κ3) is 3.17. The van der Waals surface area contributed by atoms with Crippen molar-refractivity contribution in [2.75, 3.05) is 31.0 Å². The lowest BCUT2D eigenvalue weighted by molar-refractivity contribution is -0.128. The SMILES string of the molecule is CCCN1C(=O)c2ccccc2N2C(=O)CC[C@]12C(=O)Nc1cc(OC)c(Cl)cc1OC. The summed E-state index contributed by atoms with van der Waals surface area (Å²) in [5.41, 5.74) is -0.292. The number of hydrogen-bond acceptors (Lipinski definition) is 5. The molecule has 1 atom stereocenters. The van der Waals surface area contributed by atoms with E-state index in [4.69, 9.17) is 21.1 Å². The fourth-order valence-corrected chi connectivity index (χ4v) is 4.72. The standard InChI is InChI=1S/C23H24ClN3O5/c1-4-11-26-21(29)14-7-5-6-8-17(14)27-20(28)9-10-23(26,27)22(30)25-16-13-18(31-2)15(24)12-19(16)32-3/h5-8,12-13H,4,9-11H2,1-3H3,(H,25,30)/t23-/m0/s1. The second kappa shape index (κ2) is 8.35. The van der Waals surface area contributed by atoms with E-state index in [1.165, 1.54) is 30.1 Å². The Labute approximate surface area is 191 Å². The smallest absolute Gasteiger partial charge is 0.271 e. The van der Waals surface area contributed by atoms with Crippen LogP contribution in [-0.2, 0) is 9.59 Å². The van der Waals surface area contributed by atoms with Gasteiger partial charge >= 0.3 is 0 Å². The maximum absolute atomic E-state index is 13.9. The van der Waals surface area contributed by atoms with Crippen LogP contribution in [0.5, 0.6) is 11.5 Å². The van der Waals surface area contributed by atoms with Gasteiger partial charge in [0, 0.05) is 31.5 Å². The van der Waals surface area contributed by atoms with Crippen molar-refractivity contribution < 1.29 is 23.9 Å². The zero-order chi connectivity index (χ0) is 23.0. The summed E-state index contributed by atoms with van der Waals surface area (Å²) in [5, 5.41) is 3.19. The molecule has 0 radical (unpaired) electrons. The Morgan fingerprint density at radius 3 is 2.56 bits per heavy atom. The zero-order valence-corrected chi connectivity index (χ0v) is 18.9. The van der Waals surface area contributed by atoms with Crippen LogP contribution >= 0.6 is 11.6 Å². The fourth-order valence-electron chi connectivity index (χ4n) is 4.49. The first kappa shape index (κ1) is 22.0. The number of nitrogens with one attached hydrogen (secondary N) is 1. The highest BCUT2D eigenvalue weighted by Crippen LogP contribution is 2.46. The Kier molecular flexibility index (Phi) is 5.73. The van der Waals surface area contributed by atoms with Crippen molar-refractivity contribution in [1.29, 1.82) is 0 Å². The van der Waals surface area contributed by atoms with Crippen LogP contribution in [0.15, 0.2) is 36.4 Å². The van der Waals surface area contributed by atoms with Gasteiger partial charge < -0.3 is 19.7 Å². The molecule has 2 aromatic rings. The summed E-state index contributed by atoms with van der Waals surface area (Å²) in [6.45, 7) is 2.25. The molecule has 3 amide bonds. The number of methoxy groups -OCH3 is 2. The largest absolute Gasteiger partial charge is 0.495 e. The van der Waals surface area contributed by atoms with Crippen molar-refractivity contribution in [2.45, 2.75) is 31.8 Å². The number of ether oxygens (including phenoxy) is 2. The maximum Gasteiger partial charge on any atom is 0.271 e. The van der Waals surface area contributed by atoms with Gasteiger partial charge in [0.05, 0.1) is 36.2 Å². The van der Waals surface area contributed by atoms with E-state index >= 15 is 0 Å². The lowest BCUT2D eigenvalue weighted by atomic mass is 9.95. The molecule has 2 aliphatic rings. The Morgan fingerprint density at radius 2 is 1.88 bits per heavy atom. The average Bonchev–Trinajstić information content (AvgIpc) is 3.15. The van der Waals surface area contributed by atoms with Crippen LogP contribution in [0.4, 0.5) is 11.4 Å². The Balaban J connectivity index is 1.84. The highest BCUT2D eigenvalue weighted by Gasteiger charge is 2.60. The second-order valence-electron chi connectivity index (χ2n) is 7.66. The number of rotatable bonds is 6. The van der Waals surface area contributed by atoms with Crippen LogP contribution in [0.2, 0.25) is 5.02 Å². The fraction of sp³-hybridized carbons (Fsp3) is 0.348. The third-order valence-electron chi connectivity index (χ3n) is 5.91. The minimum Gasteiger partial charge on any atom is -0.495 e. The number of fused-ring (bicyclic) bond motifs is 3. The van der Waals surface area contributed by atoms with Crippen LogP contribution in [0.3, 0.4) is 0 Å². The van der Waals surface area contributed by atoms with Gasteiger partial charge in [-0.05, 0) is 18.6 Å². The number of benzene rings is 2. The monoisotopic (exact) mass is 457 g/mol. The molecule has 0 spiro atoms. The Bertz CT molecular complexity index is 1110. The van der Waals surface area contributed by atoms with E-state index in [2.05, 4.69) is 5.32 Å². The van der Waals surface area contributed by atoms with E-state index in [0.717, 1.165) is 0 Å². The molecule has 2 aromatic carbocycles. The van der Waals surface area contributed by atoms with Gasteiger partial charge in [-0.15, -0.1) is 0 Å². The van der Waals surface area contributed by atoms with Gasteiger partial charge in [-0.2, -0.15) is 0 Å².